The third kappa shape index (κ3) is 6.15. The van der Waals surface area contributed by atoms with Crippen molar-refractivity contribution in [2.75, 3.05) is 41.0 Å². The molecule has 0 radical (unpaired) electrons. The Balaban J connectivity index is 1.64. The van der Waals surface area contributed by atoms with Crippen molar-refractivity contribution < 1.29 is 23.8 Å². The number of hydrazone groups is 1. The molecule has 0 saturated heterocycles. The molecular formula is C29H30ClN3O5. The fourth-order valence-corrected chi connectivity index (χ4v) is 4.57. The summed E-state index contributed by atoms with van der Waals surface area (Å²) in [6.45, 7) is 0.343. The summed E-state index contributed by atoms with van der Waals surface area (Å²) in [5, 5.41) is 6.71. The van der Waals surface area contributed by atoms with Crippen LogP contribution in [0.1, 0.15) is 33.9 Å². The molecule has 0 aliphatic carbocycles. The highest BCUT2D eigenvalue weighted by Crippen LogP contribution is 2.36. The van der Waals surface area contributed by atoms with Crippen molar-refractivity contribution in [3.05, 3.63) is 94.5 Å². The fraction of sp³-hybridized carbons (Fsp3) is 0.276. The van der Waals surface area contributed by atoms with Gasteiger partial charge in [0.25, 0.3) is 11.8 Å². The van der Waals surface area contributed by atoms with Crippen molar-refractivity contribution in [1.82, 2.24) is 9.91 Å². The van der Waals surface area contributed by atoms with Gasteiger partial charge in [0.15, 0.2) is 0 Å². The number of benzene rings is 3. The minimum atomic E-state index is -0.419. The van der Waals surface area contributed by atoms with E-state index in [4.69, 9.17) is 30.9 Å². The van der Waals surface area contributed by atoms with Gasteiger partial charge in [-0.05, 0) is 48.0 Å². The van der Waals surface area contributed by atoms with E-state index in [9.17, 15) is 9.59 Å². The van der Waals surface area contributed by atoms with Crippen molar-refractivity contribution in [3.63, 3.8) is 0 Å². The zero-order valence-electron chi connectivity index (χ0n) is 21.6. The topological polar surface area (TPSA) is 80.7 Å². The zero-order valence-corrected chi connectivity index (χ0v) is 22.4. The number of halogens is 1. The number of rotatable bonds is 10. The molecule has 9 heteroatoms. The maximum atomic E-state index is 13.7. The van der Waals surface area contributed by atoms with E-state index in [-0.39, 0.29) is 31.5 Å². The number of amides is 2. The summed E-state index contributed by atoms with van der Waals surface area (Å²) in [4.78, 5) is 28.6. The van der Waals surface area contributed by atoms with Crippen LogP contribution in [0.5, 0.6) is 11.5 Å². The summed E-state index contributed by atoms with van der Waals surface area (Å²) in [7, 11) is 4.72. The van der Waals surface area contributed by atoms with E-state index in [1.807, 2.05) is 42.5 Å². The lowest BCUT2D eigenvalue weighted by Crippen LogP contribution is -2.42. The molecule has 0 fully saturated rings. The van der Waals surface area contributed by atoms with Crippen molar-refractivity contribution in [2.24, 2.45) is 5.10 Å². The highest BCUT2D eigenvalue weighted by Gasteiger charge is 2.35. The fourth-order valence-electron chi connectivity index (χ4n) is 4.31. The van der Waals surface area contributed by atoms with Gasteiger partial charge in [0.05, 0.1) is 32.6 Å². The first-order valence-corrected chi connectivity index (χ1v) is 12.5. The van der Waals surface area contributed by atoms with E-state index in [1.54, 1.807) is 51.7 Å². The number of carbonyl (C=O) groups excluding carboxylic acids is 2. The molecule has 1 heterocycles. The van der Waals surface area contributed by atoms with Crippen LogP contribution in [-0.4, -0.2) is 68.5 Å². The van der Waals surface area contributed by atoms with Crippen LogP contribution in [0.25, 0.3) is 0 Å². The first kappa shape index (κ1) is 27.2. The van der Waals surface area contributed by atoms with Crippen molar-refractivity contribution >= 4 is 29.1 Å². The highest BCUT2D eigenvalue weighted by atomic mass is 35.5. The predicted octanol–water partition coefficient (Wildman–Crippen LogP) is 4.82. The Labute approximate surface area is 227 Å². The first-order valence-electron chi connectivity index (χ1n) is 12.2. The first-order chi connectivity index (χ1) is 18.4. The van der Waals surface area contributed by atoms with E-state index in [1.165, 1.54) is 9.91 Å². The van der Waals surface area contributed by atoms with E-state index in [2.05, 4.69) is 0 Å². The lowest BCUT2D eigenvalue weighted by Gasteiger charge is -2.27. The number of hydrogen-bond acceptors (Lipinski definition) is 6. The molecule has 2 amide bonds. The van der Waals surface area contributed by atoms with Gasteiger partial charge < -0.3 is 19.1 Å². The molecule has 0 spiro atoms. The SMILES string of the molecule is COCCN(CC(=O)N1N=C(c2cccc(OC)c2)CC1c1ccccc1Cl)C(=O)c1ccc(OC)cc1. The van der Waals surface area contributed by atoms with Gasteiger partial charge in [-0.3, -0.25) is 9.59 Å². The molecular weight excluding hydrogens is 506 g/mol. The summed E-state index contributed by atoms with van der Waals surface area (Å²) in [5.74, 6) is 0.717. The molecule has 38 heavy (non-hydrogen) atoms. The maximum Gasteiger partial charge on any atom is 0.262 e. The zero-order chi connectivity index (χ0) is 27.1. The Hall–Kier alpha value is -3.88. The molecule has 0 N–H and O–H groups in total. The van der Waals surface area contributed by atoms with Gasteiger partial charge in [-0.15, -0.1) is 0 Å². The van der Waals surface area contributed by atoms with Gasteiger partial charge in [-0.2, -0.15) is 5.10 Å². The Morgan fingerprint density at radius 3 is 2.39 bits per heavy atom. The van der Waals surface area contributed by atoms with Crippen LogP contribution in [0.15, 0.2) is 77.9 Å². The van der Waals surface area contributed by atoms with Crippen molar-refractivity contribution in [3.8, 4) is 11.5 Å². The van der Waals surface area contributed by atoms with Crippen LogP contribution in [0.3, 0.4) is 0 Å². The average molecular weight is 536 g/mol. The van der Waals surface area contributed by atoms with Crippen LogP contribution in [0, 0.1) is 0 Å². The third-order valence-corrected chi connectivity index (χ3v) is 6.69. The number of hydrogen-bond donors (Lipinski definition) is 0. The molecule has 198 valence electrons. The molecule has 1 atom stereocenters. The normalized spacial score (nSPS) is 14.7. The van der Waals surface area contributed by atoms with E-state index in [0.717, 1.165) is 16.8 Å². The second-order valence-corrected chi connectivity index (χ2v) is 9.11. The van der Waals surface area contributed by atoms with Gasteiger partial charge in [-0.25, -0.2) is 5.01 Å². The number of methoxy groups -OCH3 is 3. The second-order valence-electron chi connectivity index (χ2n) is 8.71. The standard InChI is InChI=1S/C29H30ClN3O5/c1-36-16-15-32(29(35)20-11-13-22(37-2)14-12-20)19-28(34)33-27(24-9-4-5-10-25(24)30)18-26(31-33)21-7-6-8-23(17-21)38-3/h4-14,17,27H,15-16,18-19H2,1-3H3. The quantitative estimate of drug-likeness (QED) is 0.372. The molecule has 3 aromatic rings. The summed E-state index contributed by atoms with van der Waals surface area (Å²) >= 11 is 6.54. The van der Waals surface area contributed by atoms with Crippen LogP contribution in [0.2, 0.25) is 5.02 Å². The van der Waals surface area contributed by atoms with Crippen LogP contribution < -0.4 is 9.47 Å². The number of nitrogens with zero attached hydrogens (tertiary/aromatic N) is 3. The summed E-state index contributed by atoms with van der Waals surface area (Å²) < 4.78 is 15.8. The highest BCUT2D eigenvalue weighted by molar-refractivity contribution is 6.31. The number of carbonyl (C=O) groups is 2. The molecule has 0 bridgehead atoms. The van der Waals surface area contributed by atoms with Gasteiger partial charge >= 0.3 is 0 Å². The molecule has 8 nitrogen and oxygen atoms in total. The lowest BCUT2D eigenvalue weighted by atomic mass is 9.98. The smallest absolute Gasteiger partial charge is 0.262 e. The van der Waals surface area contributed by atoms with E-state index in [0.29, 0.717) is 28.5 Å². The second kappa shape index (κ2) is 12.6. The minimum Gasteiger partial charge on any atom is -0.497 e. The molecule has 4 rings (SSSR count). The predicted molar refractivity (Wildman–Crippen MR) is 146 cm³/mol. The van der Waals surface area contributed by atoms with Crippen LogP contribution in [0.4, 0.5) is 0 Å². The van der Waals surface area contributed by atoms with Crippen LogP contribution in [-0.2, 0) is 9.53 Å². The van der Waals surface area contributed by atoms with Gasteiger partial charge in [0, 0.05) is 36.2 Å². The van der Waals surface area contributed by atoms with Crippen molar-refractivity contribution in [2.45, 2.75) is 12.5 Å². The molecule has 1 aliphatic heterocycles. The molecule has 0 aromatic heterocycles. The van der Waals surface area contributed by atoms with Gasteiger partial charge in [-0.1, -0.05) is 41.9 Å². The Kier molecular flexibility index (Phi) is 8.99. The summed E-state index contributed by atoms with van der Waals surface area (Å²) in [6, 6.07) is 21.3. The van der Waals surface area contributed by atoms with E-state index < -0.39 is 6.04 Å². The lowest BCUT2D eigenvalue weighted by molar-refractivity contribution is -0.133. The minimum absolute atomic E-state index is 0.177. The van der Waals surface area contributed by atoms with Crippen molar-refractivity contribution in [1.29, 1.82) is 0 Å². The average Bonchev–Trinajstić information content (AvgIpc) is 3.40. The molecule has 0 saturated carbocycles. The monoisotopic (exact) mass is 535 g/mol. The molecule has 3 aromatic carbocycles. The maximum absolute atomic E-state index is 13.7. The van der Waals surface area contributed by atoms with Gasteiger partial charge in [0.1, 0.15) is 18.0 Å². The Morgan fingerprint density at radius 1 is 0.974 bits per heavy atom. The van der Waals surface area contributed by atoms with Gasteiger partial charge in [0.2, 0.25) is 0 Å². The third-order valence-electron chi connectivity index (χ3n) is 6.35. The molecule has 1 unspecified atom stereocenters. The Morgan fingerprint density at radius 2 is 1.71 bits per heavy atom. The Bertz CT molecular complexity index is 1310. The van der Waals surface area contributed by atoms with E-state index >= 15 is 0 Å². The summed E-state index contributed by atoms with van der Waals surface area (Å²) in [6.07, 6.45) is 0.465. The summed E-state index contributed by atoms with van der Waals surface area (Å²) in [5.41, 5.74) is 2.81. The number of ether oxygens (including phenoxy) is 3. The largest absolute Gasteiger partial charge is 0.497 e. The molecule has 1 aliphatic rings. The van der Waals surface area contributed by atoms with Crippen LogP contribution >= 0.6 is 11.6 Å².